The predicted molar refractivity (Wildman–Crippen MR) is 61.1 cm³/mol. The number of nitrogens with one attached hydrogen (secondary N) is 1. The molecule has 0 aromatic heterocycles. The average molecular weight is 250 g/mol. The zero-order valence-electron chi connectivity index (χ0n) is 9.50. The molecule has 0 saturated carbocycles. The molecular weight excluding hydrogens is 240 g/mol. The molecule has 2 rings (SSSR count). The van der Waals surface area contributed by atoms with Crippen LogP contribution in [0.3, 0.4) is 0 Å². The standard InChI is InChI=1S/C11H10N2O5/c1-2-18-11(15)9-7-5-6(13(16)17)3-4-8(7)12-10(9)14/h3-5,9H,2H2,1H3,(H,12,14). The first-order valence-electron chi connectivity index (χ1n) is 5.30. The number of non-ortho nitro benzene ring substituents is 1. The number of carbonyl (C=O) groups excluding carboxylic acids is 2. The van der Waals surface area contributed by atoms with Crippen molar-refractivity contribution < 1.29 is 19.2 Å². The molecule has 1 heterocycles. The third-order valence-corrected chi connectivity index (χ3v) is 2.60. The Bertz CT molecular complexity index is 540. The van der Waals surface area contributed by atoms with E-state index in [1.54, 1.807) is 6.92 Å². The molecule has 0 spiro atoms. The molecule has 18 heavy (non-hydrogen) atoms. The monoisotopic (exact) mass is 250 g/mol. The highest BCUT2D eigenvalue weighted by molar-refractivity contribution is 6.15. The highest BCUT2D eigenvalue weighted by Gasteiger charge is 2.38. The van der Waals surface area contributed by atoms with Crippen LogP contribution < -0.4 is 5.32 Å². The maximum Gasteiger partial charge on any atom is 0.323 e. The van der Waals surface area contributed by atoms with Gasteiger partial charge in [-0.05, 0) is 13.0 Å². The maximum atomic E-state index is 11.6. The molecule has 1 amide bonds. The van der Waals surface area contributed by atoms with Gasteiger partial charge in [0.2, 0.25) is 5.91 Å². The van der Waals surface area contributed by atoms with Crippen LogP contribution in [0.4, 0.5) is 11.4 Å². The Morgan fingerprint density at radius 2 is 2.28 bits per heavy atom. The summed E-state index contributed by atoms with van der Waals surface area (Å²) in [5.74, 6) is -2.35. The van der Waals surface area contributed by atoms with Crippen LogP contribution >= 0.6 is 0 Å². The van der Waals surface area contributed by atoms with Gasteiger partial charge in [0.05, 0.1) is 11.5 Å². The topological polar surface area (TPSA) is 98.5 Å². The van der Waals surface area contributed by atoms with Crippen LogP contribution in [0, 0.1) is 10.1 Å². The summed E-state index contributed by atoms with van der Waals surface area (Å²) in [6.07, 6.45) is 0. The predicted octanol–water partition coefficient (Wildman–Crippen LogP) is 1.19. The number of hydrogen-bond acceptors (Lipinski definition) is 5. The van der Waals surface area contributed by atoms with Crippen molar-refractivity contribution in [1.82, 2.24) is 0 Å². The van der Waals surface area contributed by atoms with E-state index >= 15 is 0 Å². The number of amides is 1. The van der Waals surface area contributed by atoms with E-state index in [1.165, 1.54) is 18.2 Å². The molecule has 1 aliphatic heterocycles. The summed E-state index contributed by atoms with van der Waals surface area (Å²) in [5.41, 5.74) is 0.524. The van der Waals surface area contributed by atoms with Gasteiger partial charge >= 0.3 is 5.97 Å². The minimum absolute atomic E-state index is 0.146. The lowest BCUT2D eigenvalue weighted by atomic mass is 10.0. The van der Waals surface area contributed by atoms with Gasteiger partial charge in [-0.3, -0.25) is 19.7 Å². The van der Waals surface area contributed by atoms with Crippen LogP contribution in [0.15, 0.2) is 18.2 Å². The number of nitrogens with zero attached hydrogens (tertiary/aromatic N) is 1. The fourth-order valence-corrected chi connectivity index (χ4v) is 1.82. The fourth-order valence-electron chi connectivity index (χ4n) is 1.82. The second-order valence-electron chi connectivity index (χ2n) is 3.70. The van der Waals surface area contributed by atoms with Gasteiger partial charge in [-0.15, -0.1) is 0 Å². The van der Waals surface area contributed by atoms with Crippen LogP contribution in [0.25, 0.3) is 0 Å². The first-order chi connectivity index (χ1) is 8.54. The van der Waals surface area contributed by atoms with Gasteiger partial charge in [0, 0.05) is 23.4 Å². The van der Waals surface area contributed by atoms with Crippen molar-refractivity contribution in [3.05, 3.63) is 33.9 Å². The molecule has 1 aromatic carbocycles. The number of benzene rings is 1. The molecule has 0 aliphatic carbocycles. The van der Waals surface area contributed by atoms with Crippen molar-refractivity contribution in [3.63, 3.8) is 0 Å². The lowest BCUT2D eigenvalue weighted by Gasteiger charge is -2.07. The quantitative estimate of drug-likeness (QED) is 0.376. The largest absolute Gasteiger partial charge is 0.465 e. The van der Waals surface area contributed by atoms with E-state index in [1.807, 2.05) is 0 Å². The number of nitro benzene ring substituents is 1. The number of hydrogen-bond donors (Lipinski definition) is 1. The van der Waals surface area contributed by atoms with Crippen molar-refractivity contribution in [3.8, 4) is 0 Å². The molecule has 0 fully saturated rings. The van der Waals surface area contributed by atoms with E-state index in [9.17, 15) is 19.7 Å². The second-order valence-corrected chi connectivity index (χ2v) is 3.70. The molecule has 1 aliphatic rings. The Labute approximate surface area is 102 Å². The van der Waals surface area contributed by atoms with E-state index < -0.39 is 22.7 Å². The van der Waals surface area contributed by atoms with Crippen LogP contribution in [-0.4, -0.2) is 23.4 Å². The van der Waals surface area contributed by atoms with Gasteiger partial charge in [-0.1, -0.05) is 0 Å². The molecule has 7 nitrogen and oxygen atoms in total. The van der Waals surface area contributed by atoms with Gasteiger partial charge in [0.25, 0.3) is 5.69 Å². The zero-order chi connectivity index (χ0) is 13.3. The Hall–Kier alpha value is -2.44. The molecule has 94 valence electrons. The maximum absolute atomic E-state index is 11.6. The first kappa shape index (κ1) is 12.0. The number of ether oxygens (including phenoxy) is 1. The summed E-state index contributed by atoms with van der Waals surface area (Å²) < 4.78 is 4.78. The number of rotatable bonds is 3. The van der Waals surface area contributed by atoms with Gasteiger partial charge in [0.1, 0.15) is 0 Å². The van der Waals surface area contributed by atoms with Crippen molar-refractivity contribution in [1.29, 1.82) is 0 Å². The third-order valence-electron chi connectivity index (χ3n) is 2.60. The van der Waals surface area contributed by atoms with E-state index in [4.69, 9.17) is 4.74 Å². The number of carbonyl (C=O) groups is 2. The summed E-state index contributed by atoms with van der Waals surface area (Å²) >= 11 is 0. The van der Waals surface area contributed by atoms with E-state index in [0.717, 1.165) is 0 Å². The van der Waals surface area contributed by atoms with Crippen molar-refractivity contribution in [2.75, 3.05) is 11.9 Å². The summed E-state index contributed by atoms with van der Waals surface area (Å²) in [6.45, 7) is 1.77. The van der Waals surface area contributed by atoms with Crippen LogP contribution in [-0.2, 0) is 14.3 Å². The average Bonchev–Trinajstić information content (AvgIpc) is 2.63. The van der Waals surface area contributed by atoms with Gasteiger partial charge in [0.15, 0.2) is 5.92 Å². The second kappa shape index (κ2) is 4.44. The molecular formula is C11H10N2O5. The molecule has 7 heteroatoms. The molecule has 0 saturated heterocycles. The Kier molecular flexibility index (Phi) is 2.97. The van der Waals surface area contributed by atoms with Crippen molar-refractivity contribution in [2.24, 2.45) is 0 Å². The van der Waals surface area contributed by atoms with Gasteiger partial charge in [-0.2, -0.15) is 0 Å². The molecule has 0 bridgehead atoms. The van der Waals surface area contributed by atoms with Crippen LogP contribution in [0.1, 0.15) is 18.4 Å². The van der Waals surface area contributed by atoms with E-state index in [2.05, 4.69) is 5.32 Å². The third kappa shape index (κ3) is 1.90. The van der Waals surface area contributed by atoms with E-state index in [-0.39, 0.29) is 17.9 Å². The van der Waals surface area contributed by atoms with E-state index in [0.29, 0.717) is 5.69 Å². The first-order valence-corrected chi connectivity index (χ1v) is 5.30. The lowest BCUT2D eigenvalue weighted by molar-refractivity contribution is -0.384. The van der Waals surface area contributed by atoms with Crippen LogP contribution in [0.5, 0.6) is 0 Å². The van der Waals surface area contributed by atoms with Gasteiger partial charge in [-0.25, -0.2) is 0 Å². The van der Waals surface area contributed by atoms with Gasteiger partial charge < -0.3 is 10.1 Å². The van der Waals surface area contributed by atoms with Crippen molar-refractivity contribution >= 4 is 23.3 Å². The summed E-state index contributed by atoms with van der Waals surface area (Å²) in [7, 11) is 0. The highest BCUT2D eigenvalue weighted by atomic mass is 16.6. The molecule has 1 aromatic rings. The Morgan fingerprint density at radius 3 is 2.89 bits per heavy atom. The Morgan fingerprint density at radius 1 is 1.56 bits per heavy atom. The molecule has 1 unspecified atom stereocenters. The Balaban J connectivity index is 2.42. The molecule has 0 radical (unpaired) electrons. The van der Waals surface area contributed by atoms with Crippen molar-refractivity contribution in [2.45, 2.75) is 12.8 Å². The zero-order valence-corrected chi connectivity index (χ0v) is 9.50. The normalized spacial score (nSPS) is 16.9. The SMILES string of the molecule is CCOC(=O)C1C(=O)Nc2ccc([N+](=O)[O-])cc21. The number of fused-ring (bicyclic) bond motifs is 1. The minimum Gasteiger partial charge on any atom is -0.465 e. The number of anilines is 1. The smallest absolute Gasteiger partial charge is 0.323 e. The summed E-state index contributed by atoms with van der Waals surface area (Å²) in [4.78, 5) is 33.4. The lowest BCUT2D eigenvalue weighted by Crippen LogP contribution is -2.22. The van der Waals surface area contributed by atoms with Crippen LogP contribution in [0.2, 0.25) is 0 Å². The summed E-state index contributed by atoms with van der Waals surface area (Å²) in [6, 6.07) is 3.89. The minimum atomic E-state index is -1.13. The highest BCUT2D eigenvalue weighted by Crippen LogP contribution is 2.35. The molecule has 1 atom stereocenters. The summed E-state index contributed by atoms with van der Waals surface area (Å²) in [5, 5.41) is 13.2. The number of nitro groups is 1. The number of esters is 1. The molecule has 1 N–H and O–H groups in total. The fraction of sp³-hybridized carbons (Fsp3) is 0.273.